The van der Waals surface area contributed by atoms with Gasteiger partial charge in [0.05, 0.1) is 6.54 Å². The maximum absolute atomic E-state index is 5.15. The van der Waals surface area contributed by atoms with Gasteiger partial charge in [0.1, 0.15) is 0 Å². The van der Waals surface area contributed by atoms with E-state index in [9.17, 15) is 0 Å². The number of thioether (sulfide) groups is 1. The summed E-state index contributed by atoms with van der Waals surface area (Å²) in [5.41, 5.74) is 0. The van der Waals surface area contributed by atoms with Gasteiger partial charge in [-0.1, -0.05) is 25.7 Å². The van der Waals surface area contributed by atoms with Crippen LogP contribution in [0.15, 0.2) is 0 Å². The van der Waals surface area contributed by atoms with E-state index in [1.54, 1.807) is 0 Å². The molecule has 0 aromatic heterocycles. The average Bonchev–Trinajstić information content (AvgIpc) is 2.18. The second-order valence-electron chi connectivity index (χ2n) is 4.15. The summed E-state index contributed by atoms with van der Waals surface area (Å²) < 4.78 is 0. The van der Waals surface area contributed by atoms with Crippen LogP contribution in [-0.2, 0) is 0 Å². The Morgan fingerprint density at radius 2 is 2.36 bits per heavy atom. The molecule has 0 amide bonds. The fourth-order valence-corrected chi connectivity index (χ4v) is 3.38. The zero-order valence-corrected chi connectivity index (χ0v) is 9.91. The standard InChI is InChI=1S/C12H21NS/c1-3-7-13-8-9-14-12-6-4-5-11(2)10-12/h1,11-13H,4-10H2,2H3. The second-order valence-corrected chi connectivity index (χ2v) is 5.55. The topological polar surface area (TPSA) is 12.0 Å². The van der Waals surface area contributed by atoms with Crippen molar-refractivity contribution in [1.29, 1.82) is 0 Å². The third-order valence-corrected chi connectivity index (χ3v) is 4.09. The number of hydrogen-bond donors (Lipinski definition) is 1. The van der Waals surface area contributed by atoms with Crippen LogP contribution < -0.4 is 5.32 Å². The molecule has 0 aromatic rings. The number of rotatable bonds is 5. The van der Waals surface area contributed by atoms with Crippen LogP contribution in [0.25, 0.3) is 0 Å². The highest BCUT2D eigenvalue weighted by atomic mass is 32.2. The van der Waals surface area contributed by atoms with Crippen molar-refractivity contribution in [2.24, 2.45) is 5.92 Å². The van der Waals surface area contributed by atoms with Gasteiger partial charge in [-0.3, -0.25) is 0 Å². The van der Waals surface area contributed by atoms with E-state index in [4.69, 9.17) is 6.42 Å². The molecular weight excluding hydrogens is 190 g/mol. The molecule has 1 fully saturated rings. The third-order valence-electron chi connectivity index (χ3n) is 2.75. The second kappa shape index (κ2) is 7.20. The molecule has 1 rings (SSSR count). The van der Waals surface area contributed by atoms with E-state index in [0.717, 1.165) is 17.7 Å². The molecule has 0 aromatic carbocycles. The van der Waals surface area contributed by atoms with Crippen LogP contribution in [-0.4, -0.2) is 24.1 Å². The van der Waals surface area contributed by atoms with E-state index >= 15 is 0 Å². The molecule has 2 atom stereocenters. The zero-order chi connectivity index (χ0) is 10.2. The first kappa shape index (κ1) is 11.9. The van der Waals surface area contributed by atoms with Crippen molar-refractivity contribution in [2.75, 3.05) is 18.8 Å². The molecular formula is C12H21NS. The fraction of sp³-hybridized carbons (Fsp3) is 0.833. The summed E-state index contributed by atoms with van der Waals surface area (Å²) in [6.45, 7) is 4.14. The predicted molar refractivity (Wildman–Crippen MR) is 65.6 cm³/mol. The summed E-state index contributed by atoms with van der Waals surface area (Å²) in [7, 11) is 0. The van der Waals surface area contributed by atoms with Crippen LogP contribution in [0.5, 0.6) is 0 Å². The Kier molecular flexibility index (Phi) is 6.14. The molecule has 1 aliphatic carbocycles. The summed E-state index contributed by atoms with van der Waals surface area (Å²) in [6.07, 6.45) is 10.9. The Morgan fingerprint density at radius 3 is 3.07 bits per heavy atom. The van der Waals surface area contributed by atoms with Gasteiger partial charge in [0.2, 0.25) is 0 Å². The molecule has 80 valence electrons. The third kappa shape index (κ3) is 4.93. The van der Waals surface area contributed by atoms with Crippen LogP contribution in [0.3, 0.4) is 0 Å². The number of nitrogens with one attached hydrogen (secondary N) is 1. The highest BCUT2D eigenvalue weighted by Crippen LogP contribution is 2.31. The molecule has 1 N–H and O–H groups in total. The molecule has 2 heteroatoms. The van der Waals surface area contributed by atoms with Crippen molar-refractivity contribution in [1.82, 2.24) is 5.32 Å². The fourth-order valence-electron chi connectivity index (χ4n) is 1.99. The Hall–Kier alpha value is -0.130. The summed E-state index contributed by atoms with van der Waals surface area (Å²) in [4.78, 5) is 0. The van der Waals surface area contributed by atoms with Gasteiger partial charge < -0.3 is 5.32 Å². The minimum atomic E-state index is 0.710. The minimum absolute atomic E-state index is 0.710. The van der Waals surface area contributed by atoms with E-state index in [1.807, 2.05) is 0 Å². The van der Waals surface area contributed by atoms with Crippen molar-refractivity contribution >= 4 is 11.8 Å². The SMILES string of the molecule is C#CCNCCSC1CCCC(C)C1. The molecule has 0 bridgehead atoms. The molecule has 14 heavy (non-hydrogen) atoms. The van der Waals surface area contributed by atoms with Crippen LogP contribution in [0, 0.1) is 18.3 Å². The lowest BCUT2D eigenvalue weighted by molar-refractivity contribution is 0.394. The van der Waals surface area contributed by atoms with E-state index in [-0.39, 0.29) is 0 Å². The van der Waals surface area contributed by atoms with Gasteiger partial charge in [0, 0.05) is 17.5 Å². The average molecular weight is 211 g/mol. The van der Waals surface area contributed by atoms with Crippen molar-refractivity contribution in [3.05, 3.63) is 0 Å². The van der Waals surface area contributed by atoms with Crippen molar-refractivity contribution < 1.29 is 0 Å². The van der Waals surface area contributed by atoms with Gasteiger partial charge in [-0.05, 0) is 18.8 Å². The highest BCUT2D eigenvalue weighted by Gasteiger charge is 2.18. The molecule has 0 aliphatic heterocycles. The van der Waals surface area contributed by atoms with Crippen LogP contribution in [0.4, 0.5) is 0 Å². The van der Waals surface area contributed by atoms with E-state index < -0.39 is 0 Å². The summed E-state index contributed by atoms with van der Waals surface area (Å²) in [6, 6.07) is 0. The largest absolute Gasteiger partial charge is 0.305 e. The Labute approximate surface area is 92.4 Å². The first-order chi connectivity index (χ1) is 6.83. The summed E-state index contributed by atoms with van der Waals surface area (Å²) in [5, 5.41) is 4.14. The summed E-state index contributed by atoms with van der Waals surface area (Å²) in [5.74, 6) is 4.74. The first-order valence-corrected chi connectivity index (χ1v) is 6.63. The van der Waals surface area contributed by atoms with Crippen molar-refractivity contribution in [3.63, 3.8) is 0 Å². The van der Waals surface area contributed by atoms with E-state index in [1.165, 1.54) is 31.4 Å². The first-order valence-electron chi connectivity index (χ1n) is 5.58. The molecule has 0 spiro atoms. The van der Waals surface area contributed by atoms with Gasteiger partial charge in [0.15, 0.2) is 0 Å². The van der Waals surface area contributed by atoms with Crippen molar-refractivity contribution in [2.45, 2.75) is 37.9 Å². The maximum Gasteiger partial charge on any atom is 0.0574 e. The van der Waals surface area contributed by atoms with E-state index in [2.05, 4.69) is 29.9 Å². The van der Waals surface area contributed by atoms with Crippen LogP contribution in [0.2, 0.25) is 0 Å². The smallest absolute Gasteiger partial charge is 0.0574 e. The Balaban J connectivity index is 1.98. The molecule has 0 saturated heterocycles. The van der Waals surface area contributed by atoms with E-state index in [0.29, 0.717) is 6.54 Å². The van der Waals surface area contributed by atoms with Gasteiger partial charge in [-0.15, -0.1) is 6.42 Å². The minimum Gasteiger partial charge on any atom is -0.305 e. The van der Waals surface area contributed by atoms with Gasteiger partial charge >= 0.3 is 0 Å². The van der Waals surface area contributed by atoms with Crippen LogP contribution in [0.1, 0.15) is 32.6 Å². The highest BCUT2D eigenvalue weighted by molar-refractivity contribution is 7.99. The monoisotopic (exact) mass is 211 g/mol. The molecule has 1 aliphatic rings. The number of hydrogen-bond acceptors (Lipinski definition) is 2. The van der Waals surface area contributed by atoms with Crippen LogP contribution >= 0.6 is 11.8 Å². The molecule has 1 saturated carbocycles. The van der Waals surface area contributed by atoms with Gasteiger partial charge in [-0.2, -0.15) is 11.8 Å². The Bertz CT molecular complexity index is 185. The molecule has 2 unspecified atom stereocenters. The lowest BCUT2D eigenvalue weighted by Crippen LogP contribution is -2.20. The van der Waals surface area contributed by atoms with Crippen molar-refractivity contribution in [3.8, 4) is 12.3 Å². The quantitative estimate of drug-likeness (QED) is 0.554. The van der Waals surface area contributed by atoms with Gasteiger partial charge in [0.25, 0.3) is 0 Å². The number of terminal acetylenes is 1. The summed E-state index contributed by atoms with van der Waals surface area (Å²) >= 11 is 2.12. The normalized spacial score (nSPS) is 27.1. The Morgan fingerprint density at radius 1 is 1.50 bits per heavy atom. The lowest BCUT2D eigenvalue weighted by atomic mass is 9.91. The molecule has 0 radical (unpaired) electrons. The lowest BCUT2D eigenvalue weighted by Gasteiger charge is -2.26. The zero-order valence-electron chi connectivity index (χ0n) is 9.09. The van der Waals surface area contributed by atoms with Gasteiger partial charge in [-0.25, -0.2) is 0 Å². The predicted octanol–water partition coefficient (Wildman–Crippen LogP) is 2.52. The maximum atomic E-state index is 5.15. The molecule has 1 nitrogen and oxygen atoms in total. The molecule has 0 heterocycles.